The molecule has 7 heteroatoms. The van der Waals surface area contributed by atoms with E-state index in [2.05, 4.69) is 5.10 Å². The second-order valence-corrected chi connectivity index (χ2v) is 7.10. The molecule has 116 valence electrons. The van der Waals surface area contributed by atoms with Gasteiger partial charge in [0, 0.05) is 18.8 Å². The Hall–Kier alpha value is -2.17. The highest BCUT2D eigenvalue weighted by molar-refractivity contribution is 7.89. The molecule has 0 fully saturated rings. The highest BCUT2D eigenvalue weighted by Gasteiger charge is 2.26. The van der Waals surface area contributed by atoms with Crippen molar-refractivity contribution in [2.24, 2.45) is 0 Å². The molecule has 0 aliphatic heterocycles. The number of aromatic nitrogens is 2. The van der Waals surface area contributed by atoms with Gasteiger partial charge in [-0.05, 0) is 19.4 Å². The van der Waals surface area contributed by atoms with Crippen LogP contribution in [-0.2, 0) is 16.6 Å². The fourth-order valence-corrected chi connectivity index (χ4v) is 3.24. The molecule has 0 amide bonds. The Morgan fingerprint density at radius 3 is 2.55 bits per heavy atom. The summed E-state index contributed by atoms with van der Waals surface area (Å²) >= 11 is 0. The van der Waals surface area contributed by atoms with Crippen LogP contribution >= 0.6 is 0 Å². The van der Waals surface area contributed by atoms with Gasteiger partial charge in [0.2, 0.25) is 10.0 Å². The number of sulfonamides is 1. The van der Waals surface area contributed by atoms with Crippen molar-refractivity contribution in [1.29, 1.82) is 5.26 Å². The van der Waals surface area contributed by atoms with Crippen LogP contribution in [0.2, 0.25) is 0 Å². The maximum absolute atomic E-state index is 12.7. The molecule has 0 unspecified atom stereocenters. The first-order chi connectivity index (χ1) is 10.4. The smallest absolute Gasteiger partial charge is 0.247 e. The first-order valence-electron chi connectivity index (χ1n) is 6.90. The van der Waals surface area contributed by atoms with Crippen LogP contribution in [0.3, 0.4) is 0 Å². The van der Waals surface area contributed by atoms with Crippen molar-refractivity contribution in [2.45, 2.75) is 31.3 Å². The summed E-state index contributed by atoms with van der Waals surface area (Å²) in [6, 6.07) is 11.2. The minimum absolute atomic E-state index is 0.0718. The molecule has 0 atom stereocenters. The Morgan fingerprint density at radius 2 is 2.00 bits per heavy atom. The van der Waals surface area contributed by atoms with Crippen LogP contribution in [0.1, 0.15) is 25.5 Å². The van der Waals surface area contributed by atoms with Crippen LogP contribution in [0.15, 0.2) is 47.6 Å². The van der Waals surface area contributed by atoms with Gasteiger partial charge in [-0.2, -0.15) is 14.7 Å². The monoisotopic (exact) mass is 318 g/mol. The molecule has 0 saturated carbocycles. The Balaban J connectivity index is 2.31. The second-order valence-electron chi connectivity index (χ2n) is 5.17. The quantitative estimate of drug-likeness (QED) is 0.765. The van der Waals surface area contributed by atoms with E-state index in [0.717, 1.165) is 9.87 Å². The molecule has 22 heavy (non-hydrogen) atoms. The van der Waals surface area contributed by atoms with Crippen LogP contribution in [-0.4, -0.2) is 29.0 Å². The molecule has 0 spiro atoms. The van der Waals surface area contributed by atoms with Gasteiger partial charge in [-0.15, -0.1) is 0 Å². The average molecular weight is 318 g/mol. The van der Waals surface area contributed by atoms with E-state index in [1.165, 1.54) is 12.4 Å². The summed E-state index contributed by atoms with van der Waals surface area (Å²) in [5, 5.41) is 13.0. The van der Waals surface area contributed by atoms with Crippen LogP contribution < -0.4 is 0 Å². The third-order valence-electron chi connectivity index (χ3n) is 3.19. The average Bonchev–Trinajstić information content (AvgIpc) is 2.99. The van der Waals surface area contributed by atoms with Gasteiger partial charge < -0.3 is 0 Å². The molecular weight excluding hydrogens is 300 g/mol. The summed E-state index contributed by atoms with van der Waals surface area (Å²) in [5.41, 5.74) is 0.831. The van der Waals surface area contributed by atoms with E-state index >= 15 is 0 Å². The van der Waals surface area contributed by atoms with Crippen molar-refractivity contribution in [2.75, 3.05) is 6.54 Å². The minimum Gasteiger partial charge on any atom is -0.269 e. The van der Waals surface area contributed by atoms with Gasteiger partial charge in [-0.25, -0.2) is 8.42 Å². The summed E-state index contributed by atoms with van der Waals surface area (Å²) < 4.78 is 28.1. The summed E-state index contributed by atoms with van der Waals surface area (Å²) in [4.78, 5) is 0.104. The lowest BCUT2D eigenvalue weighted by Crippen LogP contribution is -2.30. The van der Waals surface area contributed by atoms with Gasteiger partial charge in [0.15, 0.2) is 0 Å². The highest BCUT2D eigenvalue weighted by Crippen LogP contribution is 2.18. The Bertz CT molecular complexity index is 760. The maximum Gasteiger partial charge on any atom is 0.247 e. The predicted octanol–water partition coefficient (Wildman–Crippen LogP) is 2.18. The first kappa shape index (κ1) is 16.2. The second kappa shape index (κ2) is 6.73. The van der Waals surface area contributed by atoms with E-state index < -0.39 is 10.0 Å². The third kappa shape index (κ3) is 3.53. The lowest BCUT2D eigenvalue weighted by Gasteiger charge is -2.18. The molecule has 0 N–H and O–H groups in total. The fourth-order valence-electron chi connectivity index (χ4n) is 1.98. The molecule has 1 aromatic carbocycles. The SMILES string of the molecule is CC(C)n1cc(S(=O)(=O)N(CC#N)Cc2ccccc2)cn1. The van der Waals surface area contributed by atoms with Gasteiger partial charge in [-0.1, -0.05) is 30.3 Å². The number of nitrogens with zero attached hydrogens (tertiary/aromatic N) is 4. The zero-order valence-electron chi connectivity index (χ0n) is 12.5. The molecule has 1 aromatic heterocycles. The molecule has 1 heterocycles. The third-order valence-corrected chi connectivity index (χ3v) is 4.94. The summed E-state index contributed by atoms with van der Waals surface area (Å²) in [6.07, 6.45) is 2.82. The number of rotatable bonds is 6. The standard InChI is InChI=1S/C15H18N4O2S/c1-13(2)19-12-15(10-17-19)22(20,21)18(9-8-16)11-14-6-4-3-5-7-14/h3-7,10,12-13H,9,11H2,1-2H3. The van der Waals surface area contributed by atoms with Crippen molar-refractivity contribution in [3.05, 3.63) is 48.3 Å². The van der Waals surface area contributed by atoms with Gasteiger partial charge in [-0.3, -0.25) is 4.68 Å². The fraction of sp³-hybridized carbons (Fsp3) is 0.333. The molecule has 2 rings (SSSR count). The Morgan fingerprint density at radius 1 is 1.32 bits per heavy atom. The Labute approximate surface area is 130 Å². The molecule has 0 aliphatic carbocycles. The van der Waals surface area contributed by atoms with Crippen molar-refractivity contribution in [3.63, 3.8) is 0 Å². The summed E-state index contributed by atoms with van der Waals surface area (Å²) in [6.45, 7) is 3.79. The summed E-state index contributed by atoms with van der Waals surface area (Å²) in [7, 11) is -3.75. The predicted molar refractivity (Wildman–Crippen MR) is 82.3 cm³/mol. The topological polar surface area (TPSA) is 79.0 Å². The molecule has 6 nitrogen and oxygen atoms in total. The normalized spacial score (nSPS) is 11.8. The Kier molecular flexibility index (Phi) is 4.96. The first-order valence-corrected chi connectivity index (χ1v) is 8.34. The van der Waals surface area contributed by atoms with E-state index in [0.29, 0.717) is 0 Å². The largest absolute Gasteiger partial charge is 0.269 e. The van der Waals surface area contributed by atoms with Crippen molar-refractivity contribution < 1.29 is 8.42 Å². The highest BCUT2D eigenvalue weighted by atomic mass is 32.2. The van der Waals surface area contributed by atoms with Crippen LogP contribution in [0, 0.1) is 11.3 Å². The van der Waals surface area contributed by atoms with Gasteiger partial charge in [0.25, 0.3) is 0 Å². The van der Waals surface area contributed by atoms with E-state index in [-0.39, 0.29) is 24.0 Å². The molecular formula is C15H18N4O2S. The van der Waals surface area contributed by atoms with Crippen molar-refractivity contribution in [3.8, 4) is 6.07 Å². The number of hydrogen-bond acceptors (Lipinski definition) is 4. The molecule has 0 saturated heterocycles. The maximum atomic E-state index is 12.7. The molecule has 0 radical (unpaired) electrons. The van der Waals surface area contributed by atoms with Crippen LogP contribution in [0.5, 0.6) is 0 Å². The van der Waals surface area contributed by atoms with E-state index in [1.54, 1.807) is 4.68 Å². The van der Waals surface area contributed by atoms with Crippen molar-refractivity contribution in [1.82, 2.24) is 14.1 Å². The van der Waals surface area contributed by atoms with Gasteiger partial charge in [0.05, 0.1) is 12.3 Å². The lowest BCUT2D eigenvalue weighted by atomic mass is 10.2. The van der Waals surface area contributed by atoms with Gasteiger partial charge >= 0.3 is 0 Å². The number of nitriles is 1. The van der Waals surface area contributed by atoms with Gasteiger partial charge in [0.1, 0.15) is 11.4 Å². The molecule has 0 aliphatic rings. The summed E-state index contributed by atoms with van der Waals surface area (Å²) in [5.74, 6) is 0. The van der Waals surface area contributed by atoms with Crippen LogP contribution in [0.25, 0.3) is 0 Å². The van der Waals surface area contributed by atoms with E-state index in [9.17, 15) is 8.42 Å². The zero-order valence-corrected chi connectivity index (χ0v) is 13.4. The van der Waals surface area contributed by atoms with Crippen molar-refractivity contribution >= 4 is 10.0 Å². The minimum atomic E-state index is -3.75. The number of hydrogen-bond donors (Lipinski definition) is 0. The van der Waals surface area contributed by atoms with E-state index in [4.69, 9.17) is 5.26 Å². The van der Waals surface area contributed by atoms with E-state index in [1.807, 2.05) is 50.2 Å². The lowest BCUT2D eigenvalue weighted by molar-refractivity contribution is 0.441. The number of benzene rings is 1. The molecule has 2 aromatic rings. The molecule has 0 bridgehead atoms. The zero-order chi connectivity index (χ0) is 16.2. The van der Waals surface area contributed by atoms with Crippen LogP contribution in [0.4, 0.5) is 0 Å².